The molecule has 0 aliphatic rings. The van der Waals surface area contributed by atoms with Crippen LogP contribution in [0.3, 0.4) is 0 Å². The van der Waals surface area contributed by atoms with E-state index in [2.05, 4.69) is 9.97 Å². The summed E-state index contributed by atoms with van der Waals surface area (Å²) >= 11 is 0. The second-order valence-electron chi connectivity index (χ2n) is 4.62. The van der Waals surface area contributed by atoms with Gasteiger partial charge in [0, 0.05) is 26.3 Å². The number of hydrogen-bond donors (Lipinski definition) is 1. The first-order valence-corrected chi connectivity index (χ1v) is 6.29. The van der Waals surface area contributed by atoms with Crippen molar-refractivity contribution in [3.05, 3.63) is 53.3 Å². The van der Waals surface area contributed by atoms with E-state index >= 15 is 0 Å². The Hall–Kier alpha value is -2.15. The van der Waals surface area contributed by atoms with Crippen molar-refractivity contribution in [2.75, 3.05) is 11.9 Å². The number of hydrogen-bond acceptors (Lipinski definition) is 4. The van der Waals surface area contributed by atoms with Gasteiger partial charge in [0.25, 0.3) is 0 Å². The van der Waals surface area contributed by atoms with Gasteiger partial charge in [-0.05, 0) is 17.2 Å². The topological polar surface area (TPSA) is 55.0 Å². The fourth-order valence-electron chi connectivity index (χ4n) is 1.82. The maximum Gasteiger partial charge on any atom is 0.433 e. The van der Waals surface area contributed by atoms with Crippen molar-refractivity contribution in [3.63, 3.8) is 0 Å². The van der Waals surface area contributed by atoms with Crippen molar-refractivity contribution in [3.8, 4) is 0 Å². The molecule has 0 radical (unpaired) electrons. The molecule has 1 aromatic carbocycles. The van der Waals surface area contributed by atoms with Crippen LogP contribution in [0.1, 0.15) is 16.8 Å². The zero-order valence-corrected chi connectivity index (χ0v) is 11.4. The molecule has 0 unspecified atom stereocenters. The van der Waals surface area contributed by atoms with Crippen LogP contribution >= 0.6 is 0 Å². The molecule has 0 bridgehead atoms. The summed E-state index contributed by atoms with van der Waals surface area (Å²) in [7, 11) is 1.65. The lowest BCUT2D eigenvalue weighted by Crippen LogP contribution is -2.21. The number of rotatable bonds is 4. The molecule has 2 aromatic rings. The van der Waals surface area contributed by atoms with Gasteiger partial charge >= 0.3 is 6.18 Å². The first-order chi connectivity index (χ1) is 9.90. The summed E-state index contributed by atoms with van der Waals surface area (Å²) in [4.78, 5) is 8.98. The van der Waals surface area contributed by atoms with Crippen LogP contribution in [0.15, 0.2) is 36.5 Å². The minimum absolute atomic E-state index is 0.0349. The molecule has 21 heavy (non-hydrogen) atoms. The summed E-state index contributed by atoms with van der Waals surface area (Å²) in [5.74, 6) is 0.0349. The smallest absolute Gasteiger partial charge is 0.340 e. The van der Waals surface area contributed by atoms with Crippen molar-refractivity contribution in [2.24, 2.45) is 5.73 Å². The number of nitrogens with two attached hydrogens (primary N) is 1. The van der Waals surface area contributed by atoms with Gasteiger partial charge in [0.2, 0.25) is 5.95 Å². The van der Waals surface area contributed by atoms with E-state index in [-0.39, 0.29) is 5.95 Å². The molecule has 1 heterocycles. The van der Waals surface area contributed by atoms with Crippen LogP contribution in [0.4, 0.5) is 19.1 Å². The van der Waals surface area contributed by atoms with Gasteiger partial charge in [0.05, 0.1) is 0 Å². The number of aromatic nitrogens is 2. The third-order valence-electron chi connectivity index (χ3n) is 2.95. The summed E-state index contributed by atoms with van der Waals surface area (Å²) in [6.45, 7) is 0.860. The molecule has 0 saturated heterocycles. The molecule has 2 rings (SSSR count). The summed E-state index contributed by atoms with van der Waals surface area (Å²) in [6.07, 6.45) is -3.36. The first-order valence-electron chi connectivity index (χ1n) is 6.29. The maximum absolute atomic E-state index is 12.6. The van der Waals surface area contributed by atoms with Gasteiger partial charge in [-0.2, -0.15) is 13.2 Å². The van der Waals surface area contributed by atoms with Crippen molar-refractivity contribution >= 4 is 5.95 Å². The fourth-order valence-corrected chi connectivity index (χ4v) is 1.82. The lowest BCUT2D eigenvalue weighted by atomic mass is 10.1. The zero-order chi connectivity index (χ0) is 15.5. The third-order valence-corrected chi connectivity index (χ3v) is 2.95. The molecule has 0 fully saturated rings. The Kier molecular flexibility index (Phi) is 4.42. The lowest BCUT2D eigenvalue weighted by Gasteiger charge is -2.18. The first kappa shape index (κ1) is 15.2. The average Bonchev–Trinajstić information content (AvgIpc) is 2.47. The van der Waals surface area contributed by atoms with E-state index < -0.39 is 11.9 Å². The van der Waals surface area contributed by atoms with E-state index in [1.165, 1.54) is 0 Å². The molecule has 4 nitrogen and oxygen atoms in total. The summed E-state index contributed by atoms with van der Waals surface area (Å²) in [6, 6.07) is 8.39. The normalized spacial score (nSPS) is 11.5. The van der Waals surface area contributed by atoms with E-state index in [0.29, 0.717) is 13.1 Å². The van der Waals surface area contributed by atoms with Crippen LogP contribution in [-0.2, 0) is 19.3 Å². The van der Waals surface area contributed by atoms with Gasteiger partial charge in [0.1, 0.15) is 5.69 Å². The lowest BCUT2D eigenvalue weighted by molar-refractivity contribution is -0.141. The van der Waals surface area contributed by atoms with E-state index in [4.69, 9.17) is 5.73 Å². The number of alkyl halides is 3. The maximum atomic E-state index is 12.6. The van der Waals surface area contributed by atoms with E-state index in [1.54, 1.807) is 11.9 Å². The highest BCUT2D eigenvalue weighted by atomic mass is 19.4. The monoisotopic (exact) mass is 296 g/mol. The molecule has 2 N–H and O–H groups in total. The number of nitrogens with zero attached hydrogens (tertiary/aromatic N) is 3. The molecule has 0 aliphatic heterocycles. The Morgan fingerprint density at radius 2 is 1.71 bits per heavy atom. The number of halogens is 3. The molecule has 7 heteroatoms. The largest absolute Gasteiger partial charge is 0.433 e. The van der Waals surface area contributed by atoms with Gasteiger partial charge in [-0.3, -0.25) is 0 Å². The molecule has 112 valence electrons. The Morgan fingerprint density at radius 1 is 1.10 bits per heavy atom. The highest BCUT2D eigenvalue weighted by Gasteiger charge is 2.33. The summed E-state index contributed by atoms with van der Waals surface area (Å²) in [5.41, 5.74) is 6.50. The summed E-state index contributed by atoms with van der Waals surface area (Å²) < 4.78 is 37.9. The van der Waals surface area contributed by atoms with Gasteiger partial charge in [-0.25, -0.2) is 9.97 Å². The van der Waals surface area contributed by atoms with Crippen molar-refractivity contribution in [1.82, 2.24) is 9.97 Å². The van der Waals surface area contributed by atoms with Crippen LogP contribution in [0.25, 0.3) is 0 Å². The predicted octanol–water partition coefficient (Wildman–Crippen LogP) is 2.59. The molecule has 0 amide bonds. The SMILES string of the molecule is CN(Cc1ccc(CN)cc1)c1nccc(C(F)(F)F)n1. The molecular weight excluding hydrogens is 281 g/mol. The van der Waals surface area contributed by atoms with Crippen molar-refractivity contribution in [2.45, 2.75) is 19.3 Å². The Labute approximate surface area is 120 Å². The van der Waals surface area contributed by atoms with Crippen LogP contribution in [0, 0.1) is 0 Å². The van der Waals surface area contributed by atoms with Crippen molar-refractivity contribution in [1.29, 1.82) is 0 Å². The Balaban J connectivity index is 2.14. The molecular formula is C14H15F3N4. The molecule has 0 aliphatic carbocycles. The van der Waals surface area contributed by atoms with Crippen LogP contribution in [-0.4, -0.2) is 17.0 Å². The highest BCUT2D eigenvalue weighted by Crippen LogP contribution is 2.28. The molecule has 1 aromatic heterocycles. The highest BCUT2D eigenvalue weighted by molar-refractivity contribution is 5.33. The Bertz CT molecular complexity index is 596. The van der Waals surface area contributed by atoms with E-state index in [1.807, 2.05) is 24.3 Å². The van der Waals surface area contributed by atoms with Gasteiger partial charge in [0.15, 0.2) is 0 Å². The van der Waals surface area contributed by atoms with Crippen LogP contribution in [0.5, 0.6) is 0 Å². The van der Waals surface area contributed by atoms with Crippen molar-refractivity contribution < 1.29 is 13.2 Å². The molecule has 0 saturated carbocycles. The minimum atomic E-state index is -4.47. The van der Waals surface area contributed by atoms with Gasteiger partial charge in [-0.15, -0.1) is 0 Å². The van der Waals surface area contributed by atoms with Crippen LogP contribution in [0.2, 0.25) is 0 Å². The van der Waals surface area contributed by atoms with E-state index in [9.17, 15) is 13.2 Å². The number of benzene rings is 1. The third kappa shape index (κ3) is 3.91. The second kappa shape index (κ2) is 6.09. The Morgan fingerprint density at radius 3 is 2.29 bits per heavy atom. The second-order valence-corrected chi connectivity index (χ2v) is 4.62. The van der Waals surface area contributed by atoms with Gasteiger partial charge < -0.3 is 10.6 Å². The standard InChI is InChI=1S/C14H15F3N4/c1-21(9-11-4-2-10(8-18)3-5-11)13-19-7-6-12(20-13)14(15,16)17/h2-7H,8-9,18H2,1H3. The molecule has 0 atom stereocenters. The molecule has 0 spiro atoms. The zero-order valence-electron chi connectivity index (χ0n) is 11.4. The summed E-state index contributed by atoms with van der Waals surface area (Å²) in [5, 5.41) is 0. The number of anilines is 1. The average molecular weight is 296 g/mol. The predicted molar refractivity (Wildman–Crippen MR) is 73.5 cm³/mol. The van der Waals surface area contributed by atoms with E-state index in [0.717, 1.165) is 23.4 Å². The fraction of sp³-hybridized carbons (Fsp3) is 0.286. The quantitative estimate of drug-likeness (QED) is 0.942. The van der Waals surface area contributed by atoms with Crippen LogP contribution < -0.4 is 10.6 Å². The minimum Gasteiger partial charge on any atom is -0.340 e. The van der Waals surface area contributed by atoms with Gasteiger partial charge in [-0.1, -0.05) is 24.3 Å².